The van der Waals surface area contributed by atoms with E-state index in [4.69, 9.17) is 0 Å². The highest BCUT2D eigenvalue weighted by molar-refractivity contribution is 5.81. The van der Waals surface area contributed by atoms with E-state index in [9.17, 15) is 0 Å². The van der Waals surface area contributed by atoms with Gasteiger partial charge >= 0.3 is 0 Å². The van der Waals surface area contributed by atoms with Crippen LogP contribution in [0.3, 0.4) is 0 Å². The van der Waals surface area contributed by atoms with Gasteiger partial charge in [-0.2, -0.15) is 0 Å². The molecule has 18 heavy (non-hydrogen) atoms. The molecule has 3 nitrogen and oxygen atoms in total. The summed E-state index contributed by atoms with van der Waals surface area (Å²) >= 11 is 0. The molecule has 90 valence electrons. The summed E-state index contributed by atoms with van der Waals surface area (Å²) in [5.74, 6) is 0.847. The monoisotopic (exact) mass is 237 g/mol. The second kappa shape index (κ2) is 6.45. The van der Waals surface area contributed by atoms with Gasteiger partial charge in [0.2, 0.25) is 0 Å². The Morgan fingerprint density at radius 2 is 1.22 bits per heavy atom. The minimum Gasteiger partial charge on any atom is -0.225 e. The van der Waals surface area contributed by atoms with Crippen molar-refractivity contribution in [2.24, 2.45) is 0 Å². The van der Waals surface area contributed by atoms with E-state index >= 15 is 0 Å². The van der Waals surface area contributed by atoms with E-state index in [1.807, 2.05) is 6.92 Å². The minimum atomic E-state index is 0.847. The van der Waals surface area contributed by atoms with E-state index in [0.717, 1.165) is 12.2 Å². The number of fused-ring (bicyclic) bond motifs is 1. The number of hydrogen-bond donors (Lipinski definition) is 0. The normalized spacial score (nSPS) is 9.61. The molecule has 0 atom stereocenters. The summed E-state index contributed by atoms with van der Waals surface area (Å²) in [7, 11) is 0. The Balaban J connectivity index is 0.000000138. The molecule has 0 amide bonds. The lowest BCUT2D eigenvalue weighted by atomic mass is 10.1. The molecule has 0 bridgehead atoms. The smallest absolute Gasteiger partial charge is 0.131 e. The van der Waals surface area contributed by atoms with Crippen molar-refractivity contribution in [1.29, 1.82) is 0 Å². The van der Waals surface area contributed by atoms with E-state index in [2.05, 4.69) is 63.5 Å². The van der Waals surface area contributed by atoms with Crippen LogP contribution in [0.4, 0.5) is 0 Å². The van der Waals surface area contributed by atoms with Crippen LogP contribution in [-0.4, -0.2) is 15.0 Å². The molecule has 0 aliphatic carbocycles. The number of aromatic nitrogens is 3. The third kappa shape index (κ3) is 3.35. The summed E-state index contributed by atoms with van der Waals surface area (Å²) in [4.78, 5) is 11.4. The maximum atomic E-state index is 3.88. The summed E-state index contributed by atoms with van der Waals surface area (Å²) < 4.78 is 0. The lowest BCUT2D eigenvalue weighted by Crippen LogP contribution is -1.90. The summed E-state index contributed by atoms with van der Waals surface area (Å²) in [5, 5.41) is 2.62. The van der Waals surface area contributed by atoms with Crippen LogP contribution < -0.4 is 0 Å². The van der Waals surface area contributed by atoms with Crippen LogP contribution in [-0.2, 0) is 6.42 Å². The number of rotatable bonds is 1. The minimum absolute atomic E-state index is 0.847. The quantitative estimate of drug-likeness (QED) is 0.652. The number of benzene rings is 2. The Morgan fingerprint density at radius 3 is 1.56 bits per heavy atom. The van der Waals surface area contributed by atoms with Crippen LogP contribution in [0.2, 0.25) is 0 Å². The first-order valence-corrected chi connectivity index (χ1v) is 5.95. The van der Waals surface area contributed by atoms with E-state index in [0.29, 0.717) is 0 Å². The first-order chi connectivity index (χ1) is 8.90. The molecule has 3 heteroatoms. The van der Waals surface area contributed by atoms with E-state index in [-0.39, 0.29) is 0 Å². The zero-order chi connectivity index (χ0) is 12.6. The lowest BCUT2D eigenvalue weighted by Gasteiger charge is -1.92. The first-order valence-electron chi connectivity index (χ1n) is 5.95. The van der Waals surface area contributed by atoms with Crippen LogP contribution in [0.1, 0.15) is 12.7 Å². The van der Waals surface area contributed by atoms with Gasteiger partial charge in [0.05, 0.1) is 0 Å². The Bertz CT molecular complexity index is 528. The fourth-order valence-corrected chi connectivity index (χ4v) is 1.58. The fraction of sp³-hybridized carbons (Fsp3) is 0.133. The van der Waals surface area contributed by atoms with Crippen LogP contribution >= 0.6 is 0 Å². The van der Waals surface area contributed by atoms with Crippen molar-refractivity contribution < 1.29 is 0 Å². The van der Waals surface area contributed by atoms with E-state index in [1.165, 1.54) is 23.4 Å². The lowest BCUT2D eigenvalue weighted by molar-refractivity contribution is 0.896. The zero-order valence-electron chi connectivity index (χ0n) is 10.3. The van der Waals surface area contributed by atoms with Gasteiger partial charge in [0.25, 0.3) is 0 Å². The second-order valence-electron chi connectivity index (χ2n) is 3.76. The average Bonchev–Trinajstić information content (AvgIpc) is 2.49. The summed E-state index contributed by atoms with van der Waals surface area (Å²) in [6, 6.07) is 16.7. The molecule has 3 rings (SSSR count). The topological polar surface area (TPSA) is 38.7 Å². The van der Waals surface area contributed by atoms with Gasteiger partial charge < -0.3 is 0 Å². The van der Waals surface area contributed by atoms with Gasteiger partial charge in [-0.3, -0.25) is 0 Å². The summed E-state index contributed by atoms with van der Waals surface area (Å²) in [6.45, 7) is 2.01. The molecule has 1 aromatic heterocycles. The van der Waals surface area contributed by atoms with Gasteiger partial charge in [0, 0.05) is 6.42 Å². The molecule has 0 spiro atoms. The van der Waals surface area contributed by atoms with Gasteiger partial charge in [0.15, 0.2) is 0 Å². The predicted molar refractivity (Wildman–Crippen MR) is 73.2 cm³/mol. The molecule has 0 N–H and O–H groups in total. The highest BCUT2D eigenvalue weighted by Gasteiger charge is 1.85. The maximum Gasteiger partial charge on any atom is 0.131 e. The highest BCUT2D eigenvalue weighted by Crippen LogP contribution is 2.11. The third-order valence-electron chi connectivity index (χ3n) is 2.52. The highest BCUT2D eigenvalue weighted by atomic mass is 15.0. The third-order valence-corrected chi connectivity index (χ3v) is 2.52. The molecule has 3 aromatic rings. The second-order valence-corrected chi connectivity index (χ2v) is 3.76. The van der Waals surface area contributed by atoms with Crippen molar-refractivity contribution in [1.82, 2.24) is 15.0 Å². The molecule has 0 fully saturated rings. The molecular formula is C15H15N3. The Hall–Kier alpha value is -2.29. The van der Waals surface area contributed by atoms with Crippen LogP contribution in [0.5, 0.6) is 0 Å². The molecular weight excluding hydrogens is 222 g/mol. The Morgan fingerprint density at radius 1 is 0.778 bits per heavy atom. The van der Waals surface area contributed by atoms with Gasteiger partial charge in [-0.1, -0.05) is 55.5 Å². The Kier molecular flexibility index (Phi) is 4.36. The van der Waals surface area contributed by atoms with Crippen LogP contribution in [0, 0.1) is 0 Å². The largest absolute Gasteiger partial charge is 0.225 e. The van der Waals surface area contributed by atoms with Crippen molar-refractivity contribution >= 4 is 10.8 Å². The molecule has 0 unspecified atom stereocenters. The number of hydrogen-bond acceptors (Lipinski definition) is 3. The summed E-state index contributed by atoms with van der Waals surface area (Å²) in [5.41, 5.74) is 0. The summed E-state index contributed by atoms with van der Waals surface area (Å²) in [6.07, 6.45) is 3.89. The molecule has 0 saturated heterocycles. The van der Waals surface area contributed by atoms with Crippen LogP contribution in [0.15, 0.2) is 61.2 Å². The maximum absolute atomic E-state index is 3.88. The van der Waals surface area contributed by atoms with Crippen LogP contribution in [0.25, 0.3) is 10.8 Å². The SMILES string of the molecule is CCc1ncncn1.c1ccc2ccccc2c1. The standard InChI is InChI=1S/C10H8.C5H7N3/c1-2-6-10-8-4-3-7-9(10)5-1;1-2-5-7-3-6-4-8-5/h1-8H;3-4H,2H2,1H3. The molecule has 1 heterocycles. The van der Waals surface area contributed by atoms with Crippen molar-refractivity contribution in [3.63, 3.8) is 0 Å². The Labute approximate surface area is 107 Å². The molecule has 0 saturated carbocycles. The van der Waals surface area contributed by atoms with Crippen molar-refractivity contribution in [2.75, 3.05) is 0 Å². The zero-order valence-corrected chi connectivity index (χ0v) is 10.3. The van der Waals surface area contributed by atoms with Gasteiger partial charge in [-0.25, -0.2) is 15.0 Å². The number of nitrogens with zero attached hydrogens (tertiary/aromatic N) is 3. The molecule has 2 aromatic carbocycles. The predicted octanol–water partition coefficient (Wildman–Crippen LogP) is 3.27. The first kappa shape index (κ1) is 12.2. The van der Waals surface area contributed by atoms with Gasteiger partial charge in [-0.05, 0) is 10.8 Å². The fourth-order valence-electron chi connectivity index (χ4n) is 1.58. The van der Waals surface area contributed by atoms with Crippen molar-refractivity contribution in [3.05, 3.63) is 67.0 Å². The number of aryl methyl sites for hydroxylation is 1. The van der Waals surface area contributed by atoms with Gasteiger partial charge in [-0.15, -0.1) is 0 Å². The van der Waals surface area contributed by atoms with Crippen molar-refractivity contribution in [3.8, 4) is 0 Å². The van der Waals surface area contributed by atoms with Gasteiger partial charge in [0.1, 0.15) is 18.5 Å². The molecule has 0 aliphatic heterocycles. The average molecular weight is 237 g/mol. The van der Waals surface area contributed by atoms with E-state index in [1.54, 1.807) is 0 Å². The molecule has 0 radical (unpaired) electrons. The molecule has 0 aliphatic rings. The van der Waals surface area contributed by atoms with Crippen molar-refractivity contribution in [2.45, 2.75) is 13.3 Å². The van der Waals surface area contributed by atoms with E-state index < -0.39 is 0 Å².